The number of hydrogen-bond donors (Lipinski definition) is 0. The maximum atomic E-state index is 13.4. The molecule has 2 aromatic rings. The first-order valence-electron chi connectivity index (χ1n) is 14.0. The standard InChI is InChI=1S/C32H43NO5/c1-5-32(2,3)29(34)30(35)33-23-10-9-16-28(33)31(36)38-27(15-11-14-24-12-7-6-8-13-24)22-19-25-17-20-26(37-4)21-18-25/h6-8,12-13,17-18,20-21,27-28H,5,9-11,14-16,19,22-23H2,1-4H3/t27?,28-/m0/s1. The molecule has 1 unspecified atom stereocenters. The lowest BCUT2D eigenvalue weighted by atomic mass is 9.84. The van der Waals surface area contributed by atoms with Gasteiger partial charge in [0.25, 0.3) is 5.91 Å². The van der Waals surface area contributed by atoms with Crippen molar-refractivity contribution >= 4 is 17.7 Å². The Kier molecular flexibility index (Phi) is 10.9. The summed E-state index contributed by atoms with van der Waals surface area (Å²) < 4.78 is 11.4. The summed E-state index contributed by atoms with van der Waals surface area (Å²) in [6.45, 7) is 5.88. The van der Waals surface area contributed by atoms with Crippen molar-refractivity contribution in [2.75, 3.05) is 13.7 Å². The van der Waals surface area contributed by atoms with E-state index in [9.17, 15) is 14.4 Å². The van der Waals surface area contributed by atoms with Gasteiger partial charge in [-0.15, -0.1) is 0 Å². The number of ether oxygens (including phenoxy) is 2. The Hall–Kier alpha value is -3.15. The number of esters is 1. The highest BCUT2D eigenvalue weighted by atomic mass is 16.5. The molecule has 206 valence electrons. The van der Waals surface area contributed by atoms with Crippen LogP contribution >= 0.6 is 0 Å². The van der Waals surface area contributed by atoms with Crippen molar-refractivity contribution in [3.05, 3.63) is 65.7 Å². The predicted octanol–water partition coefficient (Wildman–Crippen LogP) is 5.95. The molecule has 0 spiro atoms. The van der Waals surface area contributed by atoms with Gasteiger partial charge < -0.3 is 14.4 Å². The number of amides is 1. The number of hydrogen-bond acceptors (Lipinski definition) is 5. The van der Waals surface area contributed by atoms with Crippen LogP contribution in [-0.4, -0.2) is 48.4 Å². The number of carbonyl (C=O) groups is 3. The second-order valence-corrected chi connectivity index (χ2v) is 10.9. The molecule has 6 nitrogen and oxygen atoms in total. The minimum absolute atomic E-state index is 0.269. The van der Waals surface area contributed by atoms with Gasteiger partial charge in [0.05, 0.1) is 7.11 Å². The number of carbonyl (C=O) groups excluding carboxylic acids is 3. The second kappa shape index (κ2) is 14.1. The zero-order chi connectivity index (χ0) is 27.5. The van der Waals surface area contributed by atoms with Crippen LogP contribution in [0.3, 0.4) is 0 Å². The van der Waals surface area contributed by atoms with Crippen molar-refractivity contribution in [2.24, 2.45) is 5.41 Å². The van der Waals surface area contributed by atoms with E-state index in [-0.39, 0.29) is 12.1 Å². The van der Waals surface area contributed by atoms with E-state index in [1.807, 2.05) is 49.4 Å². The van der Waals surface area contributed by atoms with Crippen LogP contribution in [0.25, 0.3) is 0 Å². The average Bonchev–Trinajstić information content (AvgIpc) is 2.95. The number of Topliss-reactive ketones (excluding diaryl/α,β-unsaturated/α-hetero) is 1. The second-order valence-electron chi connectivity index (χ2n) is 10.9. The summed E-state index contributed by atoms with van der Waals surface area (Å²) in [5.41, 5.74) is 1.66. The molecule has 0 radical (unpaired) electrons. The fourth-order valence-corrected chi connectivity index (χ4v) is 4.80. The molecule has 1 aliphatic rings. The Morgan fingerprint density at radius 2 is 1.63 bits per heavy atom. The zero-order valence-corrected chi connectivity index (χ0v) is 23.4. The summed E-state index contributed by atoms with van der Waals surface area (Å²) in [7, 11) is 1.65. The van der Waals surface area contributed by atoms with E-state index >= 15 is 0 Å². The van der Waals surface area contributed by atoms with Gasteiger partial charge in [0, 0.05) is 12.0 Å². The quantitative estimate of drug-likeness (QED) is 0.241. The van der Waals surface area contributed by atoms with E-state index in [2.05, 4.69) is 12.1 Å². The van der Waals surface area contributed by atoms with Crippen molar-refractivity contribution in [2.45, 2.75) is 90.7 Å². The van der Waals surface area contributed by atoms with Crippen LogP contribution in [0, 0.1) is 5.41 Å². The summed E-state index contributed by atoms with van der Waals surface area (Å²) in [5, 5.41) is 0. The summed E-state index contributed by atoms with van der Waals surface area (Å²) in [4.78, 5) is 41.0. The van der Waals surface area contributed by atoms with Gasteiger partial charge in [0.1, 0.15) is 17.9 Å². The summed E-state index contributed by atoms with van der Waals surface area (Å²) >= 11 is 0. The Morgan fingerprint density at radius 1 is 0.947 bits per heavy atom. The summed E-state index contributed by atoms with van der Waals surface area (Å²) in [5.74, 6) is -0.571. The first kappa shape index (κ1) is 29.4. The molecular weight excluding hydrogens is 478 g/mol. The Labute approximate surface area is 227 Å². The summed E-state index contributed by atoms with van der Waals surface area (Å²) in [6.07, 6.45) is 6.43. The molecule has 1 saturated heterocycles. The van der Waals surface area contributed by atoms with Crippen LogP contribution < -0.4 is 4.74 Å². The minimum atomic E-state index is -0.749. The van der Waals surface area contributed by atoms with Crippen LogP contribution in [0.2, 0.25) is 0 Å². The molecule has 0 aliphatic carbocycles. The number of piperidine rings is 1. The lowest BCUT2D eigenvalue weighted by Gasteiger charge is -2.36. The molecule has 6 heteroatoms. The first-order chi connectivity index (χ1) is 18.2. The molecule has 3 rings (SSSR count). The highest BCUT2D eigenvalue weighted by Crippen LogP contribution is 2.26. The molecule has 1 amide bonds. The highest BCUT2D eigenvalue weighted by Gasteiger charge is 2.41. The molecule has 2 aromatic carbocycles. The van der Waals surface area contributed by atoms with Gasteiger partial charge >= 0.3 is 5.97 Å². The van der Waals surface area contributed by atoms with Crippen LogP contribution in [0.1, 0.15) is 76.8 Å². The molecule has 1 heterocycles. The molecule has 0 bridgehead atoms. The summed E-state index contributed by atoms with van der Waals surface area (Å²) in [6, 6.07) is 17.5. The van der Waals surface area contributed by atoms with Crippen molar-refractivity contribution in [1.82, 2.24) is 4.90 Å². The van der Waals surface area contributed by atoms with Crippen LogP contribution in [0.15, 0.2) is 54.6 Å². The minimum Gasteiger partial charge on any atom is -0.497 e. The van der Waals surface area contributed by atoms with Gasteiger partial charge in [-0.05, 0) is 81.0 Å². The van der Waals surface area contributed by atoms with E-state index in [0.717, 1.165) is 49.8 Å². The van der Waals surface area contributed by atoms with E-state index in [1.165, 1.54) is 10.5 Å². The predicted molar refractivity (Wildman–Crippen MR) is 149 cm³/mol. The fraction of sp³-hybridized carbons (Fsp3) is 0.531. The van der Waals surface area contributed by atoms with Crippen molar-refractivity contribution in [1.29, 1.82) is 0 Å². The molecule has 0 aromatic heterocycles. The smallest absolute Gasteiger partial charge is 0.329 e. The molecule has 0 saturated carbocycles. The molecule has 2 atom stereocenters. The Balaban J connectivity index is 1.68. The number of rotatable bonds is 13. The monoisotopic (exact) mass is 521 g/mol. The Morgan fingerprint density at radius 3 is 2.29 bits per heavy atom. The number of likely N-dealkylation sites (tertiary alicyclic amines) is 1. The molecule has 38 heavy (non-hydrogen) atoms. The fourth-order valence-electron chi connectivity index (χ4n) is 4.80. The van der Waals surface area contributed by atoms with Crippen LogP contribution in [0.4, 0.5) is 0 Å². The SMILES string of the molecule is CCC(C)(C)C(=O)C(=O)N1CCCC[C@H]1C(=O)OC(CCCc1ccccc1)CCc1ccc(OC)cc1. The van der Waals surface area contributed by atoms with E-state index in [4.69, 9.17) is 9.47 Å². The lowest BCUT2D eigenvalue weighted by molar-refractivity contribution is -0.164. The number of benzene rings is 2. The molecule has 1 fully saturated rings. The molecule has 1 aliphatic heterocycles. The zero-order valence-electron chi connectivity index (χ0n) is 23.4. The van der Waals surface area contributed by atoms with E-state index in [0.29, 0.717) is 25.8 Å². The third kappa shape index (κ3) is 8.17. The van der Waals surface area contributed by atoms with Crippen molar-refractivity contribution < 1.29 is 23.9 Å². The van der Waals surface area contributed by atoms with E-state index < -0.39 is 23.1 Å². The van der Waals surface area contributed by atoms with Gasteiger partial charge in [0.2, 0.25) is 5.78 Å². The number of methoxy groups -OCH3 is 1. The third-order valence-electron chi connectivity index (χ3n) is 7.76. The van der Waals surface area contributed by atoms with Gasteiger partial charge in [-0.1, -0.05) is 63.2 Å². The Bertz CT molecular complexity index is 1050. The van der Waals surface area contributed by atoms with Gasteiger partial charge in [-0.3, -0.25) is 9.59 Å². The lowest BCUT2D eigenvalue weighted by Crippen LogP contribution is -2.53. The number of ketones is 1. The van der Waals surface area contributed by atoms with Crippen LogP contribution in [-0.2, 0) is 32.0 Å². The normalized spacial score (nSPS) is 16.5. The maximum Gasteiger partial charge on any atom is 0.329 e. The average molecular weight is 522 g/mol. The highest BCUT2D eigenvalue weighted by molar-refractivity contribution is 6.38. The first-order valence-corrected chi connectivity index (χ1v) is 14.0. The van der Waals surface area contributed by atoms with E-state index in [1.54, 1.807) is 21.0 Å². The van der Waals surface area contributed by atoms with Crippen LogP contribution in [0.5, 0.6) is 5.75 Å². The number of nitrogens with zero attached hydrogens (tertiary/aromatic N) is 1. The maximum absolute atomic E-state index is 13.4. The number of aryl methyl sites for hydroxylation is 2. The third-order valence-corrected chi connectivity index (χ3v) is 7.76. The van der Waals surface area contributed by atoms with Gasteiger partial charge in [-0.25, -0.2) is 4.79 Å². The van der Waals surface area contributed by atoms with Crippen molar-refractivity contribution in [3.63, 3.8) is 0 Å². The van der Waals surface area contributed by atoms with Crippen molar-refractivity contribution in [3.8, 4) is 5.75 Å². The molecular formula is C32H43NO5. The van der Waals surface area contributed by atoms with Gasteiger partial charge in [-0.2, -0.15) is 0 Å². The largest absolute Gasteiger partial charge is 0.497 e. The molecule has 0 N–H and O–H groups in total. The van der Waals surface area contributed by atoms with Gasteiger partial charge in [0.15, 0.2) is 0 Å². The topological polar surface area (TPSA) is 72.9 Å².